The third kappa shape index (κ3) is 5.15. The van der Waals surface area contributed by atoms with Gasteiger partial charge in [0, 0.05) is 12.4 Å². The predicted molar refractivity (Wildman–Crippen MR) is 75.0 cm³/mol. The van der Waals surface area contributed by atoms with E-state index in [-0.39, 0.29) is 0 Å². The molecule has 1 aromatic heterocycles. The zero-order chi connectivity index (χ0) is 14.4. The Bertz CT molecular complexity index is 345. The first-order valence-corrected chi connectivity index (χ1v) is 6.24. The highest BCUT2D eigenvalue weighted by Crippen LogP contribution is 2.24. The molecule has 1 aromatic rings. The molecule has 1 heterocycles. The van der Waals surface area contributed by atoms with E-state index < -0.39 is 11.2 Å². The summed E-state index contributed by atoms with van der Waals surface area (Å²) in [6.07, 6.45) is 3.37. The van der Waals surface area contributed by atoms with Crippen LogP contribution in [0.5, 0.6) is 0 Å². The van der Waals surface area contributed by atoms with E-state index >= 15 is 0 Å². The molecule has 0 bridgehead atoms. The summed E-state index contributed by atoms with van der Waals surface area (Å²) < 4.78 is 5.56. The van der Waals surface area contributed by atoms with Crippen molar-refractivity contribution < 1.29 is 9.76 Å². The van der Waals surface area contributed by atoms with Gasteiger partial charge in [-0.1, -0.05) is 13.8 Å². The number of aliphatic hydroxyl groups is 1. The number of nitrogens with zero attached hydrogens (tertiary/aromatic N) is 2. The van der Waals surface area contributed by atoms with Gasteiger partial charge in [-0.15, -0.1) is 0 Å². The van der Waals surface area contributed by atoms with Crippen LogP contribution in [0.2, 0.25) is 0 Å². The molecular formula is C13H24BN2O2. The van der Waals surface area contributed by atoms with E-state index in [9.17, 15) is 5.11 Å². The highest BCUT2D eigenvalue weighted by atomic mass is 16.5. The molecule has 0 aliphatic carbocycles. The molecule has 18 heavy (non-hydrogen) atoms. The number of aryl methyl sites for hydroxylation is 1. The third-order valence-corrected chi connectivity index (χ3v) is 2.76. The van der Waals surface area contributed by atoms with E-state index in [4.69, 9.17) is 4.65 Å². The van der Waals surface area contributed by atoms with Crippen molar-refractivity contribution in [3.05, 3.63) is 18.2 Å². The maximum atomic E-state index is 9.89. The molecule has 0 saturated heterocycles. The third-order valence-electron chi connectivity index (χ3n) is 2.76. The number of hydrogen-bond acceptors (Lipinski definition) is 4. The summed E-state index contributed by atoms with van der Waals surface area (Å²) in [7, 11) is 1.57. The van der Waals surface area contributed by atoms with Crippen LogP contribution in [0.25, 0.3) is 0 Å². The Kier molecular flexibility index (Phi) is 6.50. The van der Waals surface area contributed by atoms with Gasteiger partial charge in [0.15, 0.2) is 0 Å². The SMILES string of the molecule is CC.Cc1ncc([B]OC(C)(C)C(C)(C)O)cn1. The van der Waals surface area contributed by atoms with Crippen LogP contribution in [0.3, 0.4) is 0 Å². The molecule has 1 rings (SSSR count). The van der Waals surface area contributed by atoms with Gasteiger partial charge in [0.25, 0.3) is 0 Å². The summed E-state index contributed by atoms with van der Waals surface area (Å²) in [5, 5.41) is 9.89. The summed E-state index contributed by atoms with van der Waals surface area (Å²) in [6, 6.07) is 0. The van der Waals surface area contributed by atoms with Gasteiger partial charge in [0.05, 0.1) is 11.2 Å². The van der Waals surface area contributed by atoms with Gasteiger partial charge in [-0.3, -0.25) is 0 Å². The molecule has 0 aromatic carbocycles. The quantitative estimate of drug-likeness (QED) is 0.826. The summed E-state index contributed by atoms with van der Waals surface area (Å²) in [5.41, 5.74) is -0.810. The fourth-order valence-corrected chi connectivity index (χ4v) is 0.823. The van der Waals surface area contributed by atoms with Crippen molar-refractivity contribution in [2.24, 2.45) is 0 Å². The van der Waals surface area contributed by atoms with Crippen LogP contribution >= 0.6 is 0 Å². The molecule has 101 valence electrons. The van der Waals surface area contributed by atoms with Gasteiger partial charge in [0.2, 0.25) is 0 Å². The fourth-order valence-electron chi connectivity index (χ4n) is 0.823. The highest BCUT2D eigenvalue weighted by molar-refractivity contribution is 6.46. The highest BCUT2D eigenvalue weighted by Gasteiger charge is 2.35. The second-order valence-electron chi connectivity index (χ2n) is 4.87. The molecule has 1 radical (unpaired) electrons. The molecular weight excluding hydrogens is 227 g/mol. The minimum absolute atomic E-state index is 0.669. The van der Waals surface area contributed by atoms with Crippen molar-refractivity contribution in [2.75, 3.05) is 0 Å². The minimum Gasteiger partial charge on any atom is -0.427 e. The molecule has 0 aliphatic heterocycles. The number of aromatic nitrogens is 2. The van der Waals surface area contributed by atoms with Gasteiger partial charge >= 0.3 is 7.48 Å². The maximum Gasteiger partial charge on any atom is 0.334 e. The minimum atomic E-state index is -0.922. The van der Waals surface area contributed by atoms with Crippen molar-refractivity contribution in [1.29, 1.82) is 0 Å². The Labute approximate surface area is 111 Å². The average molecular weight is 251 g/mol. The second-order valence-corrected chi connectivity index (χ2v) is 4.87. The molecule has 0 fully saturated rings. The Morgan fingerprint density at radius 1 is 1.11 bits per heavy atom. The lowest BCUT2D eigenvalue weighted by atomic mass is 9.84. The normalized spacial score (nSPS) is 11.6. The Morgan fingerprint density at radius 2 is 1.56 bits per heavy atom. The Balaban J connectivity index is 0.00000137. The smallest absolute Gasteiger partial charge is 0.334 e. The molecule has 5 heteroatoms. The monoisotopic (exact) mass is 251 g/mol. The van der Waals surface area contributed by atoms with Crippen LogP contribution in [0.4, 0.5) is 0 Å². The summed E-state index contributed by atoms with van der Waals surface area (Å²) in [4.78, 5) is 8.11. The summed E-state index contributed by atoms with van der Waals surface area (Å²) in [5.74, 6) is 0.721. The zero-order valence-corrected chi connectivity index (χ0v) is 12.5. The maximum absolute atomic E-state index is 9.89. The standard InChI is InChI=1S/C11H18BN2O2.C2H6/c1-8-13-6-9(7-14-8)12-16-11(4,5)10(2,3)15;1-2/h6-7,15H,1-5H3;1-2H3. The second kappa shape index (κ2) is 6.85. The predicted octanol–water partition coefficient (Wildman–Crippen LogP) is 1.62. The molecule has 0 amide bonds. The molecule has 4 nitrogen and oxygen atoms in total. The number of rotatable bonds is 4. The van der Waals surface area contributed by atoms with E-state index in [0.29, 0.717) is 0 Å². The van der Waals surface area contributed by atoms with E-state index in [1.165, 1.54) is 0 Å². The van der Waals surface area contributed by atoms with Crippen molar-refractivity contribution in [1.82, 2.24) is 9.97 Å². The van der Waals surface area contributed by atoms with Crippen LogP contribution < -0.4 is 5.46 Å². The Morgan fingerprint density at radius 3 is 1.94 bits per heavy atom. The van der Waals surface area contributed by atoms with E-state index in [1.807, 2.05) is 34.6 Å². The first-order chi connectivity index (χ1) is 8.22. The summed E-state index contributed by atoms with van der Waals surface area (Å²) in [6.45, 7) is 12.9. The van der Waals surface area contributed by atoms with Crippen LogP contribution in [-0.2, 0) is 4.65 Å². The lowest BCUT2D eigenvalue weighted by Crippen LogP contribution is -2.49. The molecule has 0 atom stereocenters. The molecule has 0 unspecified atom stereocenters. The largest absolute Gasteiger partial charge is 0.427 e. The zero-order valence-electron chi connectivity index (χ0n) is 12.5. The van der Waals surface area contributed by atoms with Gasteiger partial charge < -0.3 is 9.76 Å². The lowest BCUT2D eigenvalue weighted by molar-refractivity contribution is -0.0893. The topological polar surface area (TPSA) is 55.2 Å². The van der Waals surface area contributed by atoms with Crippen molar-refractivity contribution in [2.45, 2.75) is 59.7 Å². The average Bonchev–Trinajstić information content (AvgIpc) is 2.29. The van der Waals surface area contributed by atoms with Gasteiger partial charge in [-0.25, -0.2) is 9.97 Å². The Hall–Kier alpha value is -0.935. The van der Waals surface area contributed by atoms with Crippen molar-refractivity contribution >= 4 is 12.9 Å². The van der Waals surface area contributed by atoms with Crippen LogP contribution in [-0.4, -0.2) is 33.8 Å². The van der Waals surface area contributed by atoms with E-state index in [0.717, 1.165) is 11.3 Å². The van der Waals surface area contributed by atoms with Crippen molar-refractivity contribution in [3.8, 4) is 0 Å². The van der Waals surface area contributed by atoms with E-state index in [1.54, 1.807) is 33.7 Å². The summed E-state index contributed by atoms with van der Waals surface area (Å²) >= 11 is 0. The molecule has 0 saturated carbocycles. The van der Waals surface area contributed by atoms with E-state index in [2.05, 4.69) is 9.97 Å². The molecule has 0 spiro atoms. The van der Waals surface area contributed by atoms with Crippen LogP contribution in [0, 0.1) is 6.92 Å². The lowest BCUT2D eigenvalue weighted by Gasteiger charge is -2.37. The van der Waals surface area contributed by atoms with Crippen LogP contribution in [0.15, 0.2) is 12.4 Å². The van der Waals surface area contributed by atoms with Gasteiger partial charge in [-0.2, -0.15) is 0 Å². The van der Waals surface area contributed by atoms with Crippen LogP contribution in [0.1, 0.15) is 47.4 Å². The van der Waals surface area contributed by atoms with Gasteiger partial charge in [0.1, 0.15) is 5.82 Å². The number of hydrogen-bond donors (Lipinski definition) is 1. The first-order valence-electron chi connectivity index (χ1n) is 6.24. The van der Waals surface area contributed by atoms with Crippen molar-refractivity contribution in [3.63, 3.8) is 0 Å². The first kappa shape index (κ1) is 17.1. The van der Waals surface area contributed by atoms with Gasteiger partial charge in [-0.05, 0) is 40.1 Å². The molecule has 1 N–H and O–H groups in total. The molecule has 0 aliphatic rings. The fraction of sp³-hybridized carbons (Fsp3) is 0.692.